The van der Waals surface area contributed by atoms with E-state index in [0.717, 1.165) is 24.3 Å². The van der Waals surface area contributed by atoms with Crippen molar-refractivity contribution in [2.24, 2.45) is 0 Å². The van der Waals surface area contributed by atoms with Crippen LogP contribution in [0, 0.1) is 0 Å². The summed E-state index contributed by atoms with van der Waals surface area (Å²) in [5.74, 6) is -0.955. The van der Waals surface area contributed by atoms with Crippen LogP contribution in [-0.2, 0) is 11.0 Å². The summed E-state index contributed by atoms with van der Waals surface area (Å²) < 4.78 is 49.1. The zero-order valence-electron chi connectivity index (χ0n) is 14.5. The highest BCUT2D eigenvalue weighted by Gasteiger charge is 2.33. The summed E-state index contributed by atoms with van der Waals surface area (Å²) in [4.78, 5) is 23.1. The smallest absolute Gasteiger partial charge is 0.489 e. The van der Waals surface area contributed by atoms with E-state index in [-0.39, 0.29) is 22.5 Å². The van der Waals surface area contributed by atoms with Crippen molar-refractivity contribution in [2.75, 3.05) is 19.0 Å². The van der Waals surface area contributed by atoms with E-state index in [0.29, 0.717) is 6.29 Å². The van der Waals surface area contributed by atoms with Gasteiger partial charge in [0.05, 0.1) is 18.4 Å². The summed E-state index contributed by atoms with van der Waals surface area (Å²) in [6.45, 7) is -0.679. The Hall–Kier alpha value is -3.05. The van der Waals surface area contributed by atoms with Gasteiger partial charge in [-0.3, -0.25) is 9.59 Å². The van der Waals surface area contributed by atoms with Gasteiger partial charge in [0, 0.05) is 5.56 Å². The first-order valence-corrected chi connectivity index (χ1v) is 7.79. The summed E-state index contributed by atoms with van der Waals surface area (Å²) in [6.07, 6.45) is -4.30. The Balaban J connectivity index is 2.17. The molecule has 0 aliphatic rings. The van der Waals surface area contributed by atoms with Crippen LogP contribution < -0.4 is 20.3 Å². The van der Waals surface area contributed by atoms with Crippen molar-refractivity contribution in [2.45, 2.75) is 6.18 Å². The number of methoxy groups -OCH3 is 1. The maximum Gasteiger partial charge on any atom is 0.489 e. The highest BCUT2D eigenvalue weighted by atomic mass is 19.4. The Kier molecular flexibility index (Phi) is 6.65. The number of carbonyl (C=O) groups is 2. The molecule has 0 saturated carbocycles. The third-order valence-electron chi connectivity index (χ3n) is 3.64. The molecule has 2 aromatic carbocycles. The largest absolute Gasteiger partial charge is 0.493 e. The van der Waals surface area contributed by atoms with Crippen molar-refractivity contribution >= 4 is 30.5 Å². The molecule has 2 aromatic rings. The summed E-state index contributed by atoms with van der Waals surface area (Å²) in [7, 11) is -0.694. The van der Waals surface area contributed by atoms with Gasteiger partial charge in [-0.2, -0.15) is 13.2 Å². The van der Waals surface area contributed by atoms with E-state index in [1.807, 2.05) is 0 Å². The lowest BCUT2D eigenvalue weighted by Gasteiger charge is -2.15. The maximum atomic E-state index is 13.0. The van der Waals surface area contributed by atoms with Gasteiger partial charge in [0.1, 0.15) is 6.29 Å². The monoisotopic (exact) mass is 397 g/mol. The average molecular weight is 397 g/mol. The number of rotatable bonds is 7. The topological polar surface area (TPSA) is 105 Å². The van der Waals surface area contributed by atoms with Crippen LogP contribution in [0.5, 0.6) is 11.5 Å². The van der Waals surface area contributed by atoms with Crippen molar-refractivity contribution < 1.29 is 42.3 Å². The van der Waals surface area contributed by atoms with E-state index in [9.17, 15) is 32.8 Å². The van der Waals surface area contributed by atoms with Crippen LogP contribution in [0.15, 0.2) is 36.4 Å². The number of nitrogens with one attached hydrogen (secondary N) is 1. The minimum Gasteiger partial charge on any atom is -0.493 e. The van der Waals surface area contributed by atoms with Gasteiger partial charge < -0.3 is 24.8 Å². The zero-order valence-corrected chi connectivity index (χ0v) is 14.5. The summed E-state index contributed by atoms with van der Waals surface area (Å²) in [5, 5.41) is 20.6. The molecule has 7 nitrogen and oxygen atoms in total. The zero-order chi connectivity index (χ0) is 20.9. The number of carbonyl (C=O) groups excluding carboxylic acids is 2. The van der Waals surface area contributed by atoms with Crippen LogP contribution in [-0.4, -0.2) is 43.1 Å². The molecule has 0 fully saturated rings. The lowest BCUT2D eigenvalue weighted by molar-refractivity contribution is -0.137. The molecular weight excluding hydrogens is 382 g/mol. The Bertz CT molecular complexity index is 872. The van der Waals surface area contributed by atoms with Crippen LogP contribution in [0.25, 0.3) is 0 Å². The van der Waals surface area contributed by atoms with Gasteiger partial charge >= 0.3 is 13.3 Å². The maximum absolute atomic E-state index is 13.0. The van der Waals surface area contributed by atoms with Crippen molar-refractivity contribution in [1.29, 1.82) is 0 Å². The molecule has 0 aliphatic carbocycles. The van der Waals surface area contributed by atoms with Crippen LogP contribution in [0.3, 0.4) is 0 Å². The number of alkyl halides is 3. The number of hydrogen-bond donors (Lipinski definition) is 3. The number of benzene rings is 2. The molecule has 0 heterocycles. The Labute approximate surface area is 157 Å². The van der Waals surface area contributed by atoms with Crippen LogP contribution in [0.1, 0.15) is 15.9 Å². The highest BCUT2D eigenvalue weighted by molar-refractivity contribution is 6.60. The number of anilines is 1. The number of aldehydes is 1. The Morgan fingerprint density at radius 2 is 1.89 bits per heavy atom. The lowest BCUT2D eigenvalue weighted by Crippen LogP contribution is -2.33. The molecule has 148 valence electrons. The van der Waals surface area contributed by atoms with E-state index in [4.69, 9.17) is 9.47 Å². The van der Waals surface area contributed by atoms with Crippen molar-refractivity contribution in [3.63, 3.8) is 0 Å². The fourth-order valence-corrected chi connectivity index (χ4v) is 2.36. The fraction of sp³-hybridized carbons (Fsp3) is 0.176. The van der Waals surface area contributed by atoms with Crippen molar-refractivity contribution in [3.05, 3.63) is 47.5 Å². The first kappa shape index (κ1) is 21.3. The van der Waals surface area contributed by atoms with Crippen LogP contribution in [0.4, 0.5) is 18.9 Å². The van der Waals surface area contributed by atoms with Gasteiger partial charge in [0.2, 0.25) is 0 Å². The first-order valence-electron chi connectivity index (χ1n) is 7.79. The van der Waals surface area contributed by atoms with E-state index >= 15 is 0 Å². The Morgan fingerprint density at radius 3 is 2.46 bits per heavy atom. The molecule has 1 amide bonds. The molecule has 0 bridgehead atoms. The van der Waals surface area contributed by atoms with Gasteiger partial charge in [-0.1, -0.05) is 12.1 Å². The molecule has 0 aliphatic heterocycles. The molecule has 2 rings (SSSR count). The van der Waals surface area contributed by atoms with Crippen LogP contribution in [0.2, 0.25) is 0 Å². The summed E-state index contributed by atoms with van der Waals surface area (Å²) in [5.41, 5.74) is -1.69. The molecular formula is C17H15BF3NO6. The van der Waals surface area contributed by atoms with E-state index in [1.54, 1.807) is 0 Å². The molecule has 0 unspecified atom stereocenters. The average Bonchev–Trinajstić information content (AvgIpc) is 2.65. The third kappa shape index (κ3) is 5.02. The van der Waals surface area contributed by atoms with Gasteiger partial charge in [0.25, 0.3) is 5.91 Å². The Morgan fingerprint density at radius 1 is 1.21 bits per heavy atom. The quantitative estimate of drug-likeness (QED) is 0.480. The van der Waals surface area contributed by atoms with Crippen molar-refractivity contribution in [3.8, 4) is 11.5 Å². The number of amides is 1. The molecule has 0 saturated heterocycles. The molecule has 0 radical (unpaired) electrons. The number of halogens is 3. The van der Waals surface area contributed by atoms with Gasteiger partial charge in [-0.05, 0) is 29.7 Å². The van der Waals surface area contributed by atoms with Gasteiger partial charge in [-0.15, -0.1) is 0 Å². The van der Waals surface area contributed by atoms with Gasteiger partial charge in [-0.25, -0.2) is 0 Å². The molecule has 0 atom stereocenters. The predicted molar refractivity (Wildman–Crippen MR) is 93.8 cm³/mol. The molecule has 3 N–H and O–H groups in total. The molecule has 28 heavy (non-hydrogen) atoms. The van der Waals surface area contributed by atoms with E-state index in [1.165, 1.54) is 19.2 Å². The molecule has 0 aromatic heterocycles. The molecule has 0 spiro atoms. The van der Waals surface area contributed by atoms with Crippen molar-refractivity contribution in [1.82, 2.24) is 0 Å². The van der Waals surface area contributed by atoms with Crippen LogP contribution >= 0.6 is 0 Å². The van der Waals surface area contributed by atoms with E-state index < -0.39 is 37.1 Å². The van der Waals surface area contributed by atoms with E-state index in [2.05, 4.69) is 5.32 Å². The second-order valence-electron chi connectivity index (χ2n) is 5.50. The minimum absolute atomic E-state index is 0.00260. The fourth-order valence-electron chi connectivity index (χ4n) is 2.36. The summed E-state index contributed by atoms with van der Waals surface area (Å²) >= 11 is 0. The second kappa shape index (κ2) is 8.76. The standard InChI is InChI=1S/C17H15BF3NO6/c1-27-14-7-12(18(25)26)10(8-23)6-15(14)28-9-16(24)22-13-5-3-2-4-11(13)17(19,20)21/h2-8,25-26H,9H2,1H3,(H,22,24). The predicted octanol–water partition coefficient (Wildman–Crippen LogP) is 1.22. The number of hydrogen-bond acceptors (Lipinski definition) is 6. The minimum atomic E-state index is -4.65. The summed E-state index contributed by atoms with van der Waals surface area (Å²) in [6, 6.07) is 6.72. The van der Waals surface area contributed by atoms with Gasteiger partial charge in [0.15, 0.2) is 18.1 Å². The normalized spacial score (nSPS) is 10.9. The SMILES string of the molecule is COc1cc(B(O)O)c(C=O)cc1OCC(=O)Nc1ccccc1C(F)(F)F. The number of ether oxygens (including phenoxy) is 2. The second-order valence-corrected chi connectivity index (χ2v) is 5.50. The lowest BCUT2D eigenvalue weighted by atomic mass is 9.77. The highest BCUT2D eigenvalue weighted by Crippen LogP contribution is 2.34. The molecule has 11 heteroatoms. The first-order chi connectivity index (χ1) is 13.2. The number of para-hydroxylation sites is 1. The third-order valence-corrected chi connectivity index (χ3v) is 3.64.